The molecule has 112 valence electrons. The Morgan fingerprint density at radius 1 is 0.913 bits per heavy atom. The van der Waals surface area contributed by atoms with Gasteiger partial charge in [-0.3, -0.25) is 5.43 Å². The molecular formula is C20H16N2O. The maximum Gasteiger partial charge on any atom is 0.182 e. The predicted octanol–water partition coefficient (Wildman–Crippen LogP) is 4.74. The van der Waals surface area contributed by atoms with Crippen molar-refractivity contribution in [2.45, 2.75) is 0 Å². The molecule has 0 bridgehead atoms. The van der Waals surface area contributed by atoms with Crippen LogP contribution in [0.5, 0.6) is 0 Å². The fourth-order valence-corrected chi connectivity index (χ4v) is 2.69. The van der Waals surface area contributed by atoms with Crippen LogP contribution >= 0.6 is 0 Å². The highest BCUT2D eigenvalue weighted by Gasteiger charge is 2.19. The van der Waals surface area contributed by atoms with E-state index in [4.69, 9.17) is 4.84 Å². The number of hydrogen-bond donors (Lipinski definition) is 1. The molecule has 0 radical (unpaired) electrons. The Morgan fingerprint density at radius 3 is 2.52 bits per heavy atom. The van der Waals surface area contributed by atoms with E-state index in [1.165, 1.54) is 5.39 Å². The first-order chi connectivity index (χ1) is 11.3. The van der Waals surface area contributed by atoms with Gasteiger partial charge in [0.1, 0.15) is 5.69 Å². The molecule has 4 rings (SSSR count). The van der Waals surface area contributed by atoms with Crippen molar-refractivity contribution in [2.24, 2.45) is 0 Å². The van der Waals surface area contributed by atoms with Gasteiger partial charge in [0.2, 0.25) is 0 Å². The van der Waals surface area contributed by atoms with Crippen LogP contribution in [0.15, 0.2) is 79.5 Å². The van der Waals surface area contributed by atoms with Crippen LogP contribution in [0.3, 0.4) is 0 Å². The summed E-state index contributed by atoms with van der Waals surface area (Å²) < 4.78 is 0. The maximum absolute atomic E-state index is 5.97. The van der Waals surface area contributed by atoms with Crippen molar-refractivity contribution < 1.29 is 4.84 Å². The fourth-order valence-electron chi connectivity index (χ4n) is 2.69. The highest BCUT2D eigenvalue weighted by atomic mass is 16.7. The van der Waals surface area contributed by atoms with Gasteiger partial charge >= 0.3 is 0 Å². The molecule has 0 aliphatic carbocycles. The van der Waals surface area contributed by atoms with Crippen molar-refractivity contribution in [1.29, 1.82) is 0 Å². The molecule has 3 nitrogen and oxygen atoms in total. The first-order valence-electron chi connectivity index (χ1n) is 7.50. The van der Waals surface area contributed by atoms with Gasteiger partial charge in [-0.25, -0.2) is 0 Å². The first kappa shape index (κ1) is 13.5. The average Bonchev–Trinajstić information content (AvgIpc) is 3.11. The first-order valence-corrected chi connectivity index (χ1v) is 7.50. The summed E-state index contributed by atoms with van der Waals surface area (Å²) in [5.74, 6) is 0.786. The van der Waals surface area contributed by atoms with Crippen molar-refractivity contribution in [3.8, 4) is 0 Å². The second-order valence-electron chi connectivity index (χ2n) is 5.35. The smallest absolute Gasteiger partial charge is 0.182 e. The zero-order valence-electron chi connectivity index (χ0n) is 12.6. The second kappa shape index (κ2) is 5.54. The highest BCUT2D eigenvalue weighted by Crippen LogP contribution is 2.30. The number of fused-ring (bicyclic) bond motifs is 1. The molecule has 0 spiro atoms. The minimum Gasteiger partial charge on any atom is -0.357 e. The molecule has 0 saturated carbocycles. The van der Waals surface area contributed by atoms with Gasteiger partial charge in [0, 0.05) is 10.9 Å². The predicted molar refractivity (Wildman–Crippen MR) is 95.2 cm³/mol. The Balaban J connectivity index is 1.62. The van der Waals surface area contributed by atoms with Crippen LogP contribution in [-0.2, 0) is 4.84 Å². The third-order valence-electron chi connectivity index (χ3n) is 3.92. The molecule has 0 unspecified atom stereocenters. The van der Waals surface area contributed by atoms with Crippen LogP contribution in [0.4, 0.5) is 5.69 Å². The summed E-state index contributed by atoms with van der Waals surface area (Å²) in [4.78, 5) is 5.97. The molecular weight excluding hydrogens is 284 g/mol. The molecule has 0 amide bonds. The van der Waals surface area contributed by atoms with Crippen LogP contribution in [0.25, 0.3) is 22.6 Å². The number of nitrogens with one attached hydrogen (secondary N) is 1. The van der Waals surface area contributed by atoms with E-state index in [0.29, 0.717) is 0 Å². The Morgan fingerprint density at radius 2 is 1.70 bits per heavy atom. The molecule has 3 aromatic rings. The van der Waals surface area contributed by atoms with Crippen molar-refractivity contribution in [3.05, 3.63) is 90.6 Å². The summed E-state index contributed by atoms with van der Waals surface area (Å²) in [5.41, 5.74) is 6.26. The average molecular weight is 300 g/mol. The zero-order valence-corrected chi connectivity index (χ0v) is 12.6. The lowest BCUT2D eigenvalue weighted by Crippen LogP contribution is -2.28. The van der Waals surface area contributed by atoms with Crippen LogP contribution in [0.1, 0.15) is 11.1 Å². The lowest BCUT2D eigenvalue weighted by molar-refractivity contribution is 0.244. The quantitative estimate of drug-likeness (QED) is 0.756. The zero-order chi connectivity index (χ0) is 15.6. The molecule has 3 heteroatoms. The number of benzene rings is 3. The molecule has 23 heavy (non-hydrogen) atoms. The van der Waals surface area contributed by atoms with E-state index in [1.807, 2.05) is 60.8 Å². The van der Waals surface area contributed by atoms with Gasteiger partial charge in [-0.05, 0) is 17.0 Å². The van der Waals surface area contributed by atoms with E-state index in [2.05, 4.69) is 30.2 Å². The molecule has 1 aliphatic heterocycles. The summed E-state index contributed by atoms with van der Waals surface area (Å²) in [5, 5.41) is 4.01. The van der Waals surface area contributed by atoms with Crippen LogP contribution in [0, 0.1) is 0 Å². The summed E-state index contributed by atoms with van der Waals surface area (Å²) in [6, 6.07) is 22.5. The highest BCUT2D eigenvalue weighted by molar-refractivity contribution is 5.94. The number of hydrazine groups is 1. The SMILES string of the molecule is C=Cc1ccc(C2=CNN(c3cccc4ccccc34)O2)cc1. The molecule has 1 N–H and O–H groups in total. The van der Waals surface area contributed by atoms with Gasteiger partial charge in [-0.2, -0.15) is 0 Å². The normalized spacial score (nSPS) is 13.4. The van der Waals surface area contributed by atoms with Crippen LogP contribution in [0.2, 0.25) is 0 Å². The minimum absolute atomic E-state index is 0.786. The van der Waals surface area contributed by atoms with E-state index in [9.17, 15) is 0 Å². The molecule has 0 atom stereocenters. The lowest BCUT2D eigenvalue weighted by atomic mass is 10.1. The Kier molecular flexibility index (Phi) is 3.24. The standard InChI is InChI=1S/C20H16N2O/c1-2-15-10-12-17(13-11-15)20-14-21-22(23-20)19-9-5-7-16-6-3-4-8-18(16)19/h2-14,21H,1H2. The van der Waals surface area contributed by atoms with E-state index >= 15 is 0 Å². The summed E-state index contributed by atoms with van der Waals surface area (Å²) in [6.07, 6.45) is 3.69. The number of rotatable bonds is 3. The number of anilines is 1. The molecule has 0 saturated heterocycles. The lowest BCUT2D eigenvalue weighted by Gasteiger charge is -2.19. The molecule has 0 fully saturated rings. The molecule has 0 aromatic heterocycles. The van der Waals surface area contributed by atoms with Crippen LogP contribution in [-0.4, -0.2) is 0 Å². The number of nitrogens with zero attached hydrogens (tertiary/aromatic N) is 1. The topological polar surface area (TPSA) is 24.5 Å². The summed E-state index contributed by atoms with van der Waals surface area (Å²) >= 11 is 0. The Labute approximate surface area is 135 Å². The maximum atomic E-state index is 5.97. The molecule has 1 aliphatic rings. The van der Waals surface area contributed by atoms with Crippen molar-refractivity contribution in [1.82, 2.24) is 5.43 Å². The van der Waals surface area contributed by atoms with Gasteiger partial charge < -0.3 is 4.84 Å². The van der Waals surface area contributed by atoms with Crippen molar-refractivity contribution >= 4 is 28.3 Å². The molecule has 1 heterocycles. The molecule has 3 aromatic carbocycles. The minimum atomic E-state index is 0.786. The Hall–Kier alpha value is -3.20. The van der Waals surface area contributed by atoms with Crippen molar-refractivity contribution in [2.75, 3.05) is 5.17 Å². The van der Waals surface area contributed by atoms with Gasteiger partial charge in [0.15, 0.2) is 5.76 Å². The van der Waals surface area contributed by atoms with E-state index < -0.39 is 0 Å². The van der Waals surface area contributed by atoms with E-state index in [1.54, 1.807) is 5.17 Å². The van der Waals surface area contributed by atoms with Gasteiger partial charge in [-0.15, -0.1) is 5.17 Å². The van der Waals surface area contributed by atoms with E-state index in [-0.39, 0.29) is 0 Å². The fraction of sp³-hybridized carbons (Fsp3) is 0. The van der Waals surface area contributed by atoms with Gasteiger partial charge in [0.05, 0.1) is 6.20 Å². The summed E-state index contributed by atoms with van der Waals surface area (Å²) in [6.45, 7) is 3.77. The van der Waals surface area contributed by atoms with Crippen molar-refractivity contribution in [3.63, 3.8) is 0 Å². The third kappa shape index (κ3) is 2.42. The van der Waals surface area contributed by atoms with Gasteiger partial charge in [-0.1, -0.05) is 73.3 Å². The Bertz CT molecular complexity index is 892. The van der Waals surface area contributed by atoms with Gasteiger partial charge in [0.25, 0.3) is 0 Å². The third-order valence-corrected chi connectivity index (χ3v) is 3.92. The number of hydrogen-bond acceptors (Lipinski definition) is 3. The van der Waals surface area contributed by atoms with Crippen LogP contribution < -0.4 is 10.6 Å². The largest absolute Gasteiger partial charge is 0.357 e. The summed E-state index contributed by atoms with van der Waals surface area (Å²) in [7, 11) is 0. The van der Waals surface area contributed by atoms with E-state index in [0.717, 1.165) is 28.0 Å². The monoisotopic (exact) mass is 300 g/mol. The second-order valence-corrected chi connectivity index (χ2v) is 5.35.